The molecule has 2 aliphatic heterocycles. The summed E-state index contributed by atoms with van der Waals surface area (Å²) >= 11 is 0. The van der Waals surface area contributed by atoms with Crippen LogP contribution < -0.4 is 0 Å². The summed E-state index contributed by atoms with van der Waals surface area (Å²) in [5.74, 6) is 0.970. The first-order valence-electron chi connectivity index (χ1n) is 5.13. The highest BCUT2D eigenvalue weighted by Crippen LogP contribution is 2.31. The third-order valence-electron chi connectivity index (χ3n) is 3.44. The molecule has 2 aliphatic rings. The molecule has 2 fully saturated rings. The molecule has 2 rings (SSSR count). The number of hydrogen-bond donors (Lipinski definition) is 0. The average Bonchev–Trinajstić information content (AvgIpc) is 2.43. The van der Waals surface area contributed by atoms with Crippen LogP contribution in [0.4, 0.5) is 0 Å². The van der Waals surface area contributed by atoms with Crippen molar-refractivity contribution in [1.29, 1.82) is 0 Å². The first-order valence-corrected chi connectivity index (χ1v) is 5.13. The van der Waals surface area contributed by atoms with Crippen LogP contribution in [0.1, 0.15) is 20.3 Å². The molecule has 0 aromatic heterocycles. The zero-order valence-electron chi connectivity index (χ0n) is 8.45. The van der Waals surface area contributed by atoms with E-state index in [9.17, 15) is 0 Å². The quantitative estimate of drug-likeness (QED) is 0.577. The molecule has 2 unspecified atom stereocenters. The lowest BCUT2D eigenvalue weighted by atomic mass is 10.0. The van der Waals surface area contributed by atoms with Crippen LogP contribution in [0.3, 0.4) is 0 Å². The predicted molar refractivity (Wildman–Crippen MR) is 51.2 cm³/mol. The Morgan fingerprint density at radius 1 is 1.25 bits per heavy atom. The van der Waals surface area contributed by atoms with Gasteiger partial charge in [-0.25, -0.2) is 0 Å². The van der Waals surface area contributed by atoms with Gasteiger partial charge in [0, 0.05) is 25.2 Å². The standard InChI is InChI=1S/C10H20N2/c1-8(2)12-5-4-9-6-11(3)7-10(9)12/h8-10H,4-7H2,1-3H3. The summed E-state index contributed by atoms with van der Waals surface area (Å²) in [6.45, 7) is 8.60. The van der Waals surface area contributed by atoms with Crippen LogP contribution >= 0.6 is 0 Å². The Morgan fingerprint density at radius 3 is 2.67 bits per heavy atom. The van der Waals surface area contributed by atoms with Crippen molar-refractivity contribution in [2.45, 2.75) is 32.4 Å². The van der Waals surface area contributed by atoms with Crippen molar-refractivity contribution in [2.24, 2.45) is 5.92 Å². The van der Waals surface area contributed by atoms with E-state index in [1.54, 1.807) is 0 Å². The van der Waals surface area contributed by atoms with Gasteiger partial charge in [0.25, 0.3) is 0 Å². The Balaban J connectivity index is 2.03. The number of likely N-dealkylation sites (tertiary alicyclic amines) is 2. The molecule has 0 aliphatic carbocycles. The maximum Gasteiger partial charge on any atom is 0.0266 e. The maximum atomic E-state index is 2.67. The summed E-state index contributed by atoms with van der Waals surface area (Å²) in [7, 11) is 2.25. The van der Waals surface area contributed by atoms with Gasteiger partial charge in [-0.15, -0.1) is 0 Å². The molecule has 12 heavy (non-hydrogen) atoms. The number of likely N-dealkylation sites (N-methyl/N-ethyl adjacent to an activating group) is 1. The highest BCUT2D eigenvalue weighted by atomic mass is 15.3. The van der Waals surface area contributed by atoms with Crippen molar-refractivity contribution in [3.63, 3.8) is 0 Å². The minimum absolute atomic E-state index is 0.742. The summed E-state index contributed by atoms with van der Waals surface area (Å²) < 4.78 is 0. The van der Waals surface area contributed by atoms with E-state index >= 15 is 0 Å². The molecule has 2 heteroatoms. The summed E-state index contributed by atoms with van der Waals surface area (Å²) in [4.78, 5) is 5.15. The molecule has 0 saturated carbocycles. The van der Waals surface area contributed by atoms with Crippen LogP contribution in [-0.4, -0.2) is 48.6 Å². The molecule has 2 saturated heterocycles. The van der Waals surface area contributed by atoms with Gasteiger partial charge in [-0.1, -0.05) is 0 Å². The first-order chi connectivity index (χ1) is 5.68. The molecule has 2 nitrogen and oxygen atoms in total. The van der Waals surface area contributed by atoms with E-state index in [4.69, 9.17) is 0 Å². The molecule has 0 aromatic rings. The highest BCUT2D eigenvalue weighted by Gasteiger charge is 2.40. The lowest BCUT2D eigenvalue weighted by molar-refractivity contribution is 0.191. The second-order valence-corrected chi connectivity index (χ2v) is 4.67. The van der Waals surface area contributed by atoms with E-state index in [0.29, 0.717) is 0 Å². The molecule has 0 radical (unpaired) electrons. The fourth-order valence-electron chi connectivity index (χ4n) is 2.85. The average molecular weight is 168 g/mol. The zero-order valence-corrected chi connectivity index (χ0v) is 8.45. The van der Waals surface area contributed by atoms with Crippen LogP contribution in [0.5, 0.6) is 0 Å². The molecular weight excluding hydrogens is 148 g/mol. The fourth-order valence-corrected chi connectivity index (χ4v) is 2.85. The van der Waals surface area contributed by atoms with E-state index in [2.05, 4.69) is 30.7 Å². The molecule has 0 N–H and O–H groups in total. The van der Waals surface area contributed by atoms with Crippen LogP contribution in [0.25, 0.3) is 0 Å². The van der Waals surface area contributed by atoms with Crippen LogP contribution in [0.2, 0.25) is 0 Å². The second kappa shape index (κ2) is 3.00. The minimum atomic E-state index is 0.742. The number of hydrogen-bond acceptors (Lipinski definition) is 2. The summed E-state index contributed by atoms with van der Waals surface area (Å²) in [5, 5.41) is 0. The van der Waals surface area contributed by atoms with Gasteiger partial charge in [-0.2, -0.15) is 0 Å². The van der Waals surface area contributed by atoms with Crippen LogP contribution in [-0.2, 0) is 0 Å². The Morgan fingerprint density at radius 2 is 2.00 bits per heavy atom. The predicted octanol–water partition coefficient (Wildman–Crippen LogP) is 1.03. The fraction of sp³-hybridized carbons (Fsp3) is 1.00. The lowest BCUT2D eigenvalue weighted by Crippen LogP contribution is -2.39. The van der Waals surface area contributed by atoms with Crippen molar-refractivity contribution >= 4 is 0 Å². The summed E-state index contributed by atoms with van der Waals surface area (Å²) in [6, 6.07) is 1.61. The second-order valence-electron chi connectivity index (χ2n) is 4.67. The van der Waals surface area contributed by atoms with Gasteiger partial charge in [-0.05, 0) is 39.8 Å². The third kappa shape index (κ3) is 1.27. The van der Waals surface area contributed by atoms with Gasteiger partial charge in [0.15, 0.2) is 0 Å². The number of nitrogens with zero attached hydrogens (tertiary/aromatic N) is 2. The van der Waals surface area contributed by atoms with E-state index in [1.165, 1.54) is 26.1 Å². The molecule has 0 amide bonds. The van der Waals surface area contributed by atoms with Crippen LogP contribution in [0, 0.1) is 5.92 Å². The van der Waals surface area contributed by atoms with Gasteiger partial charge in [-0.3, -0.25) is 4.90 Å². The maximum absolute atomic E-state index is 2.67. The monoisotopic (exact) mass is 168 g/mol. The zero-order chi connectivity index (χ0) is 8.72. The Kier molecular flexibility index (Phi) is 2.13. The molecule has 2 atom stereocenters. The molecule has 2 heterocycles. The SMILES string of the molecule is CC(C)N1CCC2CN(C)CC21. The van der Waals surface area contributed by atoms with Gasteiger partial charge < -0.3 is 4.90 Å². The topological polar surface area (TPSA) is 6.48 Å². The van der Waals surface area contributed by atoms with E-state index in [0.717, 1.165) is 18.0 Å². The minimum Gasteiger partial charge on any atom is -0.304 e. The first kappa shape index (κ1) is 8.52. The van der Waals surface area contributed by atoms with Crippen molar-refractivity contribution in [3.05, 3.63) is 0 Å². The summed E-state index contributed by atoms with van der Waals surface area (Å²) in [6.07, 6.45) is 1.42. The number of fused-ring (bicyclic) bond motifs is 1. The lowest BCUT2D eigenvalue weighted by Gasteiger charge is -2.27. The van der Waals surface area contributed by atoms with Gasteiger partial charge in [0.2, 0.25) is 0 Å². The van der Waals surface area contributed by atoms with Gasteiger partial charge >= 0.3 is 0 Å². The molecule has 0 aromatic carbocycles. The van der Waals surface area contributed by atoms with Gasteiger partial charge in [0.1, 0.15) is 0 Å². The molecule has 0 spiro atoms. The third-order valence-corrected chi connectivity index (χ3v) is 3.44. The highest BCUT2D eigenvalue weighted by molar-refractivity contribution is 4.95. The smallest absolute Gasteiger partial charge is 0.0266 e. The Labute approximate surface area is 75.5 Å². The van der Waals surface area contributed by atoms with E-state index in [1.807, 2.05) is 0 Å². The van der Waals surface area contributed by atoms with E-state index in [-0.39, 0.29) is 0 Å². The molecular formula is C10H20N2. The number of rotatable bonds is 1. The Bertz CT molecular complexity index is 167. The molecule has 70 valence electrons. The van der Waals surface area contributed by atoms with Gasteiger partial charge in [0.05, 0.1) is 0 Å². The van der Waals surface area contributed by atoms with Crippen molar-refractivity contribution in [3.8, 4) is 0 Å². The van der Waals surface area contributed by atoms with E-state index < -0.39 is 0 Å². The largest absolute Gasteiger partial charge is 0.304 e. The van der Waals surface area contributed by atoms with Crippen molar-refractivity contribution in [2.75, 3.05) is 26.7 Å². The van der Waals surface area contributed by atoms with Crippen molar-refractivity contribution in [1.82, 2.24) is 9.80 Å². The molecule has 0 bridgehead atoms. The Hall–Kier alpha value is -0.0800. The van der Waals surface area contributed by atoms with Crippen molar-refractivity contribution < 1.29 is 0 Å². The normalized spacial score (nSPS) is 38.0. The summed E-state index contributed by atoms with van der Waals surface area (Å²) in [5.41, 5.74) is 0. The van der Waals surface area contributed by atoms with Crippen LogP contribution in [0.15, 0.2) is 0 Å².